The number of hydrogen-bond acceptors (Lipinski definition) is 3. The third-order valence-corrected chi connectivity index (χ3v) is 3.48. The van der Waals surface area contributed by atoms with Crippen molar-refractivity contribution >= 4 is 5.84 Å². The number of rotatable bonds is 5. The van der Waals surface area contributed by atoms with E-state index >= 15 is 0 Å². The predicted molar refractivity (Wildman–Crippen MR) is 88.7 cm³/mol. The van der Waals surface area contributed by atoms with Crippen molar-refractivity contribution < 1.29 is 5.21 Å². The van der Waals surface area contributed by atoms with E-state index in [0.717, 1.165) is 24.1 Å². The lowest BCUT2D eigenvalue weighted by molar-refractivity contribution is 0.240. The second-order valence-electron chi connectivity index (χ2n) is 7.60. The van der Waals surface area contributed by atoms with E-state index in [1.54, 1.807) is 0 Å². The lowest BCUT2D eigenvalue weighted by atomic mass is 9.81. The summed E-state index contributed by atoms with van der Waals surface area (Å²) in [4.78, 5) is 0. The Labute approximate surface area is 128 Å². The van der Waals surface area contributed by atoms with E-state index in [0.29, 0.717) is 5.41 Å². The SMILES string of the molecule is Cc1cc(/C(N)=N/O)ccc1CNC(C)(C)CC(C)(C)C. The fourth-order valence-electron chi connectivity index (χ4n) is 2.83. The van der Waals surface area contributed by atoms with Crippen LogP contribution in [0.25, 0.3) is 0 Å². The molecule has 0 heterocycles. The molecule has 1 rings (SSSR count). The minimum atomic E-state index is 0.0783. The van der Waals surface area contributed by atoms with Crippen molar-refractivity contribution in [2.75, 3.05) is 0 Å². The van der Waals surface area contributed by atoms with E-state index < -0.39 is 0 Å². The molecule has 0 amide bonds. The molecule has 4 N–H and O–H groups in total. The average Bonchev–Trinajstić information content (AvgIpc) is 2.33. The first kappa shape index (κ1) is 17.5. The van der Waals surface area contributed by atoms with Crippen molar-refractivity contribution in [1.82, 2.24) is 5.32 Å². The topological polar surface area (TPSA) is 70.6 Å². The summed E-state index contributed by atoms with van der Waals surface area (Å²) in [6.45, 7) is 14.1. The van der Waals surface area contributed by atoms with Crippen LogP contribution in [0.4, 0.5) is 0 Å². The molecule has 4 heteroatoms. The van der Waals surface area contributed by atoms with Gasteiger partial charge in [0.1, 0.15) is 0 Å². The Morgan fingerprint density at radius 2 is 1.86 bits per heavy atom. The van der Waals surface area contributed by atoms with Crippen molar-refractivity contribution in [2.24, 2.45) is 16.3 Å². The van der Waals surface area contributed by atoms with Gasteiger partial charge in [-0.1, -0.05) is 38.1 Å². The third-order valence-electron chi connectivity index (χ3n) is 3.48. The van der Waals surface area contributed by atoms with Crippen molar-refractivity contribution in [3.8, 4) is 0 Å². The van der Waals surface area contributed by atoms with Gasteiger partial charge in [-0.3, -0.25) is 0 Å². The molecule has 0 unspecified atom stereocenters. The number of hydrogen-bond donors (Lipinski definition) is 3. The molecule has 0 aromatic heterocycles. The number of oxime groups is 1. The zero-order valence-corrected chi connectivity index (χ0v) is 14.1. The van der Waals surface area contributed by atoms with Gasteiger partial charge in [-0.15, -0.1) is 0 Å². The Morgan fingerprint density at radius 3 is 2.33 bits per heavy atom. The third kappa shape index (κ3) is 5.76. The van der Waals surface area contributed by atoms with Gasteiger partial charge in [0.2, 0.25) is 0 Å². The first-order chi connectivity index (χ1) is 9.54. The molecule has 0 aliphatic carbocycles. The smallest absolute Gasteiger partial charge is 0.170 e. The lowest BCUT2D eigenvalue weighted by Crippen LogP contribution is -2.41. The van der Waals surface area contributed by atoms with Crippen LogP contribution in [0.1, 0.15) is 57.7 Å². The average molecular weight is 291 g/mol. The number of amidine groups is 1. The minimum absolute atomic E-state index is 0.0783. The summed E-state index contributed by atoms with van der Waals surface area (Å²) >= 11 is 0. The molecular weight excluding hydrogens is 262 g/mol. The van der Waals surface area contributed by atoms with E-state index in [4.69, 9.17) is 10.9 Å². The Balaban J connectivity index is 2.76. The molecule has 0 radical (unpaired) electrons. The van der Waals surface area contributed by atoms with Gasteiger partial charge < -0.3 is 16.3 Å². The van der Waals surface area contributed by atoms with Crippen LogP contribution in [-0.2, 0) is 6.54 Å². The maximum Gasteiger partial charge on any atom is 0.170 e. The van der Waals surface area contributed by atoms with Gasteiger partial charge in [0.25, 0.3) is 0 Å². The van der Waals surface area contributed by atoms with Gasteiger partial charge in [-0.2, -0.15) is 0 Å². The molecule has 0 aliphatic heterocycles. The molecule has 21 heavy (non-hydrogen) atoms. The van der Waals surface area contributed by atoms with E-state index in [2.05, 4.69) is 45.1 Å². The highest BCUT2D eigenvalue weighted by molar-refractivity contribution is 5.97. The number of nitrogens with zero attached hydrogens (tertiary/aromatic N) is 1. The summed E-state index contributed by atoms with van der Waals surface area (Å²) in [6, 6.07) is 5.86. The molecule has 0 fully saturated rings. The monoisotopic (exact) mass is 291 g/mol. The van der Waals surface area contributed by atoms with Gasteiger partial charge in [0.05, 0.1) is 0 Å². The van der Waals surface area contributed by atoms with Crippen LogP contribution in [0, 0.1) is 12.3 Å². The van der Waals surface area contributed by atoms with E-state index in [1.807, 2.05) is 25.1 Å². The van der Waals surface area contributed by atoms with E-state index in [9.17, 15) is 0 Å². The molecular formula is C17H29N3O. The molecule has 0 saturated carbocycles. The molecule has 0 atom stereocenters. The molecule has 118 valence electrons. The summed E-state index contributed by atoms with van der Waals surface area (Å²) in [5, 5.41) is 15.4. The quantitative estimate of drug-likeness (QED) is 0.337. The van der Waals surface area contributed by atoms with Gasteiger partial charge >= 0.3 is 0 Å². The highest BCUT2D eigenvalue weighted by Crippen LogP contribution is 2.27. The Kier molecular flexibility index (Phi) is 5.40. The zero-order valence-electron chi connectivity index (χ0n) is 14.1. The second kappa shape index (κ2) is 6.48. The fourth-order valence-corrected chi connectivity index (χ4v) is 2.83. The van der Waals surface area contributed by atoms with E-state index in [1.165, 1.54) is 5.56 Å². The minimum Gasteiger partial charge on any atom is -0.409 e. The van der Waals surface area contributed by atoms with Crippen LogP contribution in [0.15, 0.2) is 23.4 Å². The van der Waals surface area contributed by atoms with Gasteiger partial charge in [-0.25, -0.2) is 0 Å². The predicted octanol–water partition coefficient (Wildman–Crippen LogP) is 3.39. The van der Waals surface area contributed by atoms with Crippen molar-refractivity contribution in [2.45, 2.75) is 60.0 Å². The van der Waals surface area contributed by atoms with Gasteiger partial charge in [0.15, 0.2) is 5.84 Å². The molecule has 0 aliphatic rings. The molecule has 0 bridgehead atoms. The second-order valence-corrected chi connectivity index (χ2v) is 7.60. The fraction of sp³-hybridized carbons (Fsp3) is 0.588. The Bertz CT molecular complexity index is 513. The summed E-state index contributed by atoms with van der Waals surface area (Å²) in [5.41, 5.74) is 9.09. The summed E-state index contributed by atoms with van der Waals surface area (Å²) in [7, 11) is 0. The van der Waals surface area contributed by atoms with Crippen LogP contribution >= 0.6 is 0 Å². The molecule has 0 saturated heterocycles. The largest absolute Gasteiger partial charge is 0.409 e. The van der Waals surface area contributed by atoms with Crippen LogP contribution in [0.3, 0.4) is 0 Å². The Morgan fingerprint density at radius 1 is 1.24 bits per heavy atom. The van der Waals surface area contributed by atoms with Crippen molar-refractivity contribution in [3.05, 3.63) is 34.9 Å². The molecule has 1 aromatic carbocycles. The van der Waals surface area contributed by atoms with E-state index in [-0.39, 0.29) is 11.4 Å². The highest BCUT2D eigenvalue weighted by Gasteiger charge is 2.24. The summed E-state index contributed by atoms with van der Waals surface area (Å²) in [5.74, 6) is 0.144. The van der Waals surface area contributed by atoms with Gasteiger partial charge in [0, 0.05) is 17.6 Å². The normalized spacial score (nSPS) is 13.5. The summed E-state index contributed by atoms with van der Waals surface area (Å²) < 4.78 is 0. The highest BCUT2D eigenvalue weighted by atomic mass is 16.4. The van der Waals surface area contributed by atoms with Crippen molar-refractivity contribution in [3.63, 3.8) is 0 Å². The first-order valence-corrected chi connectivity index (χ1v) is 7.36. The van der Waals surface area contributed by atoms with Gasteiger partial charge in [-0.05, 0) is 49.8 Å². The summed E-state index contributed by atoms with van der Waals surface area (Å²) in [6.07, 6.45) is 1.10. The molecule has 4 nitrogen and oxygen atoms in total. The van der Waals surface area contributed by atoms with Crippen LogP contribution < -0.4 is 11.1 Å². The van der Waals surface area contributed by atoms with Crippen molar-refractivity contribution in [1.29, 1.82) is 0 Å². The first-order valence-electron chi connectivity index (χ1n) is 7.36. The lowest BCUT2D eigenvalue weighted by Gasteiger charge is -2.33. The number of benzene rings is 1. The Hall–Kier alpha value is -1.55. The number of aryl methyl sites for hydroxylation is 1. The molecule has 1 aromatic rings. The van der Waals surface area contributed by atoms with Crippen LogP contribution in [0.5, 0.6) is 0 Å². The number of nitrogens with one attached hydrogen (secondary N) is 1. The zero-order chi connectivity index (χ0) is 16.3. The molecule has 0 spiro atoms. The number of nitrogens with two attached hydrogens (primary N) is 1. The maximum atomic E-state index is 8.72. The van der Waals surface area contributed by atoms with Crippen LogP contribution in [-0.4, -0.2) is 16.6 Å². The maximum absolute atomic E-state index is 8.72. The van der Waals surface area contributed by atoms with Crippen LogP contribution in [0.2, 0.25) is 0 Å². The standard InChI is InChI=1S/C17H29N3O/c1-12-9-13(15(18)20-21)7-8-14(12)10-19-17(5,6)11-16(2,3)4/h7-9,19,21H,10-11H2,1-6H3,(H2,18,20).